The molecule has 0 heterocycles. The summed E-state index contributed by atoms with van der Waals surface area (Å²) in [5.74, 6) is -0.803. The number of hydrogen-bond acceptors (Lipinski definition) is 2. The largest absolute Gasteiger partial charge is 0.416 e. The van der Waals surface area contributed by atoms with Crippen LogP contribution in [-0.2, 0) is 6.18 Å². The minimum absolute atomic E-state index is 0.380. The number of alkyl halides is 3. The number of benzene rings is 1. The Hall–Kier alpha value is -1.54. The van der Waals surface area contributed by atoms with Crippen LogP contribution in [0.4, 0.5) is 13.2 Å². The van der Waals surface area contributed by atoms with Crippen LogP contribution in [0.15, 0.2) is 24.3 Å². The summed E-state index contributed by atoms with van der Waals surface area (Å²) >= 11 is 0. The Balaban J connectivity index is 3.00. The van der Waals surface area contributed by atoms with Crippen LogP contribution < -0.4 is 0 Å². The SMILES string of the molecule is CC(O)C(C#N)c1ccc(C(F)(F)F)cc1. The monoisotopic (exact) mass is 229 g/mol. The van der Waals surface area contributed by atoms with Gasteiger partial charge in [-0.25, -0.2) is 0 Å². The van der Waals surface area contributed by atoms with Crippen molar-refractivity contribution in [3.63, 3.8) is 0 Å². The zero-order valence-corrected chi connectivity index (χ0v) is 8.49. The predicted molar refractivity (Wildman–Crippen MR) is 51.5 cm³/mol. The third-order valence-corrected chi connectivity index (χ3v) is 2.22. The lowest BCUT2D eigenvalue weighted by Crippen LogP contribution is -2.13. The zero-order chi connectivity index (χ0) is 12.3. The fraction of sp³-hybridized carbons (Fsp3) is 0.364. The third-order valence-electron chi connectivity index (χ3n) is 2.22. The molecule has 5 heteroatoms. The van der Waals surface area contributed by atoms with Gasteiger partial charge in [-0.15, -0.1) is 0 Å². The van der Waals surface area contributed by atoms with E-state index in [1.807, 2.05) is 6.07 Å². The Kier molecular flexibility index (Phi) is 3.55. The van der Waals surface area contributed by atoms with E-state index >= 15 is 0 Å². The van der Waals surface area contributed by atoms with E-state index < -0.39 is 23.8 Å². The van der Waals surface area contributed by atoms with E-state index in [1.165, 1.54) is 19.1 Å². The number of rotatable bonds is 2. The topological polar surface area (TPSA) is 44.0 Å². The molecule has 0 saturated carbocycles. The second-order valence-corrected chi connectivity index (χ2v) is 3.47. The summed E-state index contributed by atoms with van der Waals surface area (Å²) in [6.45, 7) is 1.42. The number of nitrogens with zero attached hydrogens (tertiary/aromatic N) is 1. The van der Waals surface area contributed by atoms with Crippen LogP contribution in [0.25, 0.3) is 0 Å². The molecule has 0 amide bonds. The van der Waals surface area contributed by atoms with E-state index in [4.69, 9.17) is 5.26 Å². The standard InChI is InChI=1S/C11H10F3NO/c1-7(16)10(6-15)8-2-4-9(5-3-8)11(12,13)14/h2-5,7,10,16H,1H3. The van der Waals surface area contributed by atoms with Gasteiger partial charge in [-0.3, -0.25) is 0 Å². The van der Waals surface area contributed by atoms with Crippen molar-refractivity contribution in [2.75, 3.05) is 0 Å². The van der Waals surface area contributed by atoms with E-state index in [-0.39, 0.29) is 0 Å². The molecule has 1 N–H and O–H groups in total. The molecule has 1 aromatic rings. The molecule has 2 nitrogen and oxygen atoms in total. The average Bonchev–Trinajstić information content (AvgIpc) is 2.17. The maximum Gasteiger partial charge on any atom is 0.416 e. The fourth-order valence-electron chi connectivity index (χ4n) is 1.34. The van der Waals surface area contributed by atoms with E-state index in [1.54, 1.807) is 0 Å². The summed E-state index contributed by atoms with van der Waals surface area (Å²) < 4.78 is 36.7. The lowest BCUT2D eigenvalue weighted by molar-refractivity contribution is -0.137. The van der Waals surface area contributed by atoms with Crippen molar-refractivity contribution in [3.05, 3.63) is 35.4 Å². The fourth-order valence-corrected chi connectivity index (χ4v) is 1.34. The van der Waals surface area contributed by atoms with Gasteiger partial charge in [0, 0.05) is 0 Å². The molecule has 0 aliphatic rings. The minimum Gasteiger partial charge on any atom is -0.392 e. The molecule has 0 aliphatic heterocycles. The van der Waals surface area contributed by atoms with Gasteiger partial charge in [0.15, 0.2) is 0 Å². The smallest absolute Gasteiger partial charge is 0.392 e. The van der Waals surface area contributed by atoms with E-state index in [2.05, 4.69) is 0 Å². The summed E-state index contributed by atoms with van der Waals surface area (Å²) in [6.07, 6.45) is -5.30. The number of nitriles is 1. The van der Waals surface area contributed by atoms with Gasteiger partial charge in [0.1, 0.15) is 0 Å². The van der Waals surface area contributed by atoms with Crippen LogP contribution in [-0.4, -0.2) is 11.2 Å². The highest BCUT2D eigenvalue weighted by molar-refractivity contribution is 5.30. The molecule has 2 unspecified atom stereocenters. The van der Waals surface area contributed by atoms with Crippen LogP contribution in [0.1, 0.15) is 24.0 Å². The van der Waals surface area contributed by atoms with Crippen LogP contribution in [0.2, 0.25) is 0 Å². The van der Waals surface area contributed by atoms with Gasteiger partial charge in [0.05, 0.1) is 23.7 Å². The second kappa shape index (κ2) is 4.54. The lowest BCUT2D eigenvalue weighted by atomic mass is 9.95. The highest BCUT2D eigenvalue weighted by Gasteiger charge is 2.30. The maximum atomic E-state index is 12.2. The van der Waals surface area contributed by atoms with Crippen molar-refractivity contribution in [1.82, 2.24) is 0 Å². The predicted octanol–water partition coefficient (Wildman–Crippen LogP) is 2.69. The quantitative estimate of drug-likeness (QED) is 0.847. The normalized spacial score (nSPS) is 15.2. The average molecular weight is 229 g/mol. The van der Waals surface area contributed by atoms with Gasteiger partial charge in [-0.1, -0.05) is 12.1 Å². The first-order valence-corrected chi connectivity index (χ1v) is 4.61. The molecule has 86 valence electrons. The molecule has 2 atom stereocenters. The first kappa shape index (κ1) is 12.5. The Morgan fingerprint density at radius 2 is 1.75 bits per heavy atom. The van der Waals surface area contributed by atoms with Crippen molar-refractivity contribution >= 4 is 0 Å². The van der Waals surface area contributed by atoms with Gasteiger partial charge in [0.25, 0.3) is 0 Å². The van der Waals surface area contributed by atoms with Crippen LogP contribution in [0, 0.1) is 11.3 Å². The summed E-state index contributed by atoms with van der Waals surface area (Å²) in [5.41, 5.74) is -0.385. The molecule has 1 rings (SSSR count). The summed E-state index contributed by atoms with van der Waals surface area (Å²) in [7, 11) is 0. The molecule has 1 aromatic carbocycles. The van der Waals surface area contributed by atoms with Gasteiger partial charge in [-0.05, 0) is 24.6 Å². The maximum absolute atomic E-state index is 12.2. The van der Waals surface area contributed by atoms with E-state index in [9.17, 15) is 18.3 Å². The Morgan fingerprint density at radius 3 is 2.06 bits per heavy atom. The van der Waals surface area contributed by atoms with Gasteiger partial charge >= 0.3 is 6.18 Å². The van der Waals surface area contributed by atoms with Crippen molar-refractivity contribution < 1.29 is 18.3 Å². The van der Waals surface area contributed by atoms with Crippen molar-refractivity contribution in [1.29, 1.82) is 5.26 Å². The van der Waals surface area contributed by atoms with Crippen molar-refractivity contribution in [2.24, 2.45) is 0 Å². The first-order valence-electron chi connectivity index (χ1n) is 4.61. The molecule has 0 bridgehead atoms. The van der Waals surface area contributed by atoms with Crippen molar-refractivity contribution in [3.8, 4) is 6.07 Å². The summed E-state index contributed by atoms with van der Waals surface area (Å²) in [5, 5.41) is 18.0. The zero-order valence-electron chi connectivity index (χ0n) is 8.49. The number of hydrogen-bond donors (Lipinski definition) is 1. The van der Waals surface area contributed by atoms with Gasteiger partial charge in [0.2, 0.25) is 0 Å². The number of aliphatic hydroxyl groups excluding tert-OH is 1. The molecule has 16 heavy (non-hydrogen) atoms. The van der Waals surface area contributed by atoms with Crippen molar-refractivity contribution in [2.45, 2.75) is 25.1 Å². The van der Waals surface area contributed by atoms with Crippen LogP contribution in [0.5, 0.6) is 0 Å². The Morgan fingerprint density at radius 1 is 1.25 bits per heavy atom. The van der Waals surface area contributed by atoms with Crippen LogP contribution >= 0.6 is 0 Å². The highest BCUT2D eigenvalue weighted by Crippen LogP contribution is 2.30. The highest BCUT2D eigenvalue weighted by atomic mass is 19.4. The Labute approximate surface area is 90.9 Å². The molecular weight excluding hydrogens is 219 g/mol. The molecule has 0 radical (unpaired) electrons. The second-order valence-electron chi connectivity index (χ2n) is 3.47. The van der Waals surface area contributed by atoms with Gasteiger partial charge < -0.3 is 5.11 Å². The molecule has 0 saturated heterocycles. The molecule has 0 spiro atoms. The first-order chi connectivity index (χ1) is 7.36. The van der Waals surface area contributed by atoms with E-state index in [0.29, 0.717) is 5.56 Å². The van der Waals surface area contributed by atoms with Gasteiger partial charge in [-0.2, -0.15) is 18.4 Å². The van der Waals surface area contributed by atoms with Crippen LogP contribution in [0.3, 0.4) is 0 Å². The number of halogens is 3. The third kappa shape index (κ3) is 2.74. The molecule has 0 fully saturated rings. The Bertz CT molecular complexity index is 389. The summed E-state index contributed by atoms with van der Waals surface area (Å²) in [6, 6.07) is 6.08. The number of aliphatic hydroxyl groups is 1. The minimum atomic E-state index is -4.38. The lowest BCUT2D eigenvalue weighted by Gasteiger charge is -2.13. The molecule has 0 aliphatic carbocycles. The van der Waals surface area contributed by atoms with E-state index in [0.717, 1.165) is 12.1 Å². The molecule has 0 aromatic heterocycles. The molecular formula is C11H10F3NO. The summed E-state index contributed by atoms with van der Waals surface area (Å²) in [4.78, 5) is 0.